The van der Waals surface area contributed by atoms with Crippen LogP contribution >= 0.6 is 7.92 Å². The lowest BCUT2D eigenvalue weighted by molar-refractivity contribution is 0.715. The van der Waals surface area contributed by atoms with Crippen LogP contribution in [0.4, 0.5) is 0 Å². The van der Waals surface area contributed by atoms with Gasteiger partial charge in [0.25, 0.3) is 0 Å². The summed E-state index contributed by atoms with van der Waals surface area (Å²) in [5.41, 5.74) is 1.36. The Morgan fingerprint density at radius 1 is 0.889 bits per heavy atom. The lowest BCUT2D eigenvalue weighted by atomic mass is 10.2. The minimum absolute atomic E-state index is 0.180. The molecule has 0 saturated heterocycles. The third-order valence-electron chi connectivity index (χ3n) is 2.92. The van der Waals surface area contributed by atoms with Crippen molar-refractivity contribution in [3.63, 3.8) is 0 Å². The first kappa shape index (κ1) is 15.7. The smallest absolute Gasteiger partial charge is 0.0202 e. The Labute approximate surface area is 114 Å². The molecule has 0 fully saturated rings. The highest BCUT2D eigenvalue weighted by molar-refractivity contribution is 7.68. The van der Waals surface area contributed by atoms with Gasteiger partial charge in [0.05, 0.1) is 0 Å². The van der Waals surface area contributed by atoms with Gasteiger partial charge < -0.3 is 5.32 Å². The summed E-state index contributed by atoms with van der Waals surface area (Å²) in [6.45, 7) is 15.1. The third-order valence-corrected chi connectivity index (χ3v) is 6.41. The van der Waals surface area contributed by atoms with Crippen molar-refractivity contribution in [2.24, 2.45) is 0 Å². The third kappa shape index (κ3) is 4.07. The molecule has 102 valence electrons. The molecule has 0 heterocycles. The van der Waals surface area contributed by atoms with Crippen molar-refractivity contribution in [3.8, 4) is 0 Å². The van der Waals surface area contributed by atoms with Crippen LogP contribution in [-0.4, -0.2) is 17.4 Å². The van der Waals surface area contributed by atoms with Gasteiger partial charge in [-0.25, -0.2) is 0 Å². The van der Waals surface area contributed by atoms with E-state index in [9.17, 15) is 0 Å². The predicted octanol–water partition coefficient (Wildman–Crippen LogP) is 4.11. The Balaban J connectivity index is 3.08. The molecule has 0 bridgehead atoms. The Morgan fingerprint density at radius 3 is 1.67 bits per heavy atom. The van der Waals surface area contributed by atoms with Crippen molar-refractivity contribution in [1.82, 2.24) is 5.32 Å². The van der Waals surface area contributed by atoms with E-state index in [1.807, 2.05) is 7.05 Å². The summed E-state index contributed by atoms with van der Waals surface area (Å²) >= 11 is 0. The fraction of sp³-hybridized carbons (Fsp3) is 0.625. The molecule has 1 rings (SSSR count). The molecule has 0 aromatic heterocycles. The van der Waals surface area contributed by atoms with Crippen molar-refractivity contribution in [3.05, 3.63) is 29.8 Å². The second kappa shape index (κ2) is 5.72. The van der Waals surface area contributed by atoms with Gasteiger partial charge in [0, 0.05) is 6.54 Å². The average molecular weight is 265 g/mol. The lowest BCUT2D eigenvalue weighted by Crippen LogP contribution is -2.31. The molecule has 0 aliphatic heterocycles. The van der Waals surface area contributed by atoms with Crippen molar-refractivity contribution in [1.29, 1.82) is 0 Å². The number of benzene rings is 1. The van der Waals surface area contributed by atoms with Gasteiger partial charge in [0.2, 0.25) is 0 Å². The Kier molecular flexibility index (Phi) is 4.98. The maximum absolute atomic E-state index is 3.20. The molecule has 0 spiro atoms. The fourth-order valence-electron chi connectivity index (χ4n) is 2.75. The van der Waals surface area contributed by atoms with E-state index in [2.05, 4.69) is 71.1 Å². The van der Waals surface area contributed by atoms with Gasteiger partial charge in [0.15, 0.2) is 0 Å². The first-order chi connectivity index (χ1) is 8.16. The molecule has 1 aromatic rings. The second-order valence-electron chi connectivity index (χ2n) is 6.87. The Hall–Kier alpha value is -0.390. The van der Waals surface area contributed by atoms with Crippen LogP contribution in [0.25, 0.3) is 0 Å². The summed E-state index contributed by atoms with van der Waals surface area (Å²) in [6.07, 6.45) is 0. The number of hydrogen-bond donors (Lipinski definition) is 1. The van der Waals surface area contributed by atoms with Gasteiger partial charge in [-0.1, -0.05) is 73.7 Å². The van der Waals surface area contributed by atoms with Crippen LogP contribution in [0.1, 0.15) is 47.1 Å². The molecule has 2 heteroatoms. The molecule has 0 radical (unpaired) electrons. The monoisotopic (exact) mass is 265 g/mol. The summed E-state index contributed by atoms with van der Waals surface area (Å²) in [6, 6.07) is 9.18. The summed E-state index contributed by atoms with van der Waals surface area (Å²) < 4.78 is 0. The number of nitrogens with one attached hydrogen (secondary N) is 1. The van der Waals surface area contributed by atoms with E-state index in [-0.39, 0.29) is 7.92 Å². The minimum atomic E-state index is -0.180. The maximum atomic E-state index is 3.20. The summed E-state index contributed by atoms with van der Waals surface area (Å²) in [4.78, 5) is 0. The van der Waals surface area contributed by atoms with Crippen LogP contribution in [0.3, 0.4) is 0 Å². The number of hydrogen-bond acceptors (Lipinski definition) is 1. The molecule has 0 aliphatic carbocycles. The van der Waals surface area contributed by atoms with Gasteiger partial charge in [0.1, 0.15) is 0 Å². The lowest BCUT2D eigenvalue weighted by Gasteiger charge is -2.41. The average Bonchev–Trinajstić information content (AvgIpc) is 2.17. The Morgan fingerprint density at radius 2 is 1.33 bits per heavy atom. The normalized spacial score (nSPS) is 13.1. The molecule has 0 unspecified atom stereocenters. The van der Waals surface area contributed by atoms with Crippen LogP contribution < -0.4 is 10.6 Å². The van der Waals surface area contributed by atoms with Crippen LogP contribution in [-0.2, 0) is 6.54 Å². The highest BCUT2D eigenvalue weighted by Gasteiger charge is 2.35. The molecular formula is C16H28NP. The molecule has 0 aliphatic rings. The molecule has 18 heavy (non-hydrogen) atoms. The van der Waals surface area contributed by atoms with Gasteiger partial charge >= 0.3 is 0 Å². The molecule has 0 saturated carbocycles. The highest BCUT2D eigenvalue weighted by atomic mass is 31.1. The van der Waals surface area contributed by atoms with Crippen LogP contribution in [0.5, 0.6) is 0 Å². The van der Waals surface area contributed by atoms with E-state index in [1.165, 1.54) is 10.9 Å². The molecule has 1 nitrogen and oxygen atoms in total. The quantitative estimate of drug-likeness (QED) is 0.811. The summed E-state index contributed by atoms with van der Waals surface area (Å²) in [5, 5.41) is 5.41. The number of rotatable bonds is 3. The van der Waals surface area contributed by atoms with E-state index < -0.39 is 0 Å². The molecule has 0 atom stereocenters. The second-order valence-corrected chi connectivity index (χ2v) is 10.7. The predicted molar refractivity (Wildman–Crippen MR) is 85.3 cm³/mol. The van der Waals surface area contributed by atoms with Crippen molar-refractivity contribution in [2.45, 2.75) is 58.4 Å². The molecular weight excluding hydrogens is 237 g/mol. The van der Waals surface area contributed by atoms with Crippen LogP contribution in [0.15, 0.2) is 24.3 Å². The van der Waals surface area contributed by atoms with Gasteiger partial charge in [-0.3, -0.25) is 0 Å². The van der Waals surface area contributed by atoms with Crippen molar-refractivity contribution < 1.29 is 0 Å². The van der Waals surface area contributed by atoms with Crippen molar-refractivity contribution >= 4 is 13.2 Å². The van der Waals surface area contributed by atoms with E-state index >= 15 is 0 Å². The topological polar surface area (TPSA) is 12.0 Å². The van der Waals surface area contributed by atoms with E-state index in [4.69, 9.17) is 0 Å². The standard InChI is InChI=1S/C16H28NP/c1-15(2,3)18(16(4,5)6)14-10-8-13(9-11-14)12-17-7/h8-11,17H,12H2,1-7H3. The fourth-order valence-corrected chi connectivity index (χ4v) is 6.76. The van der Waals surface area contributed by atoms with E-state index in [1.54, 1.807) is 0 Å². The van der Waals surface area contributed by atoms with Gasteiger partial charge in [-0.05, 0) is 28.2 Å². The Bertz CT molecular complexity index is 354. The molecule has 1 N–H and O–H groups in total. The van der Waals surface area contributed by atoms with Crippen molar-refractivity contribution in [2.75, 3.05) is 7.05 Å². The van der Waals surface area contributed by atoms with E-state index in [0.717, 1.165) is 6.54 Å². The van der Waals surface area contributed by atoms with Crippen LogP contribution in [0, 0.1) is 0 Å². The zero-order valence-corrected chi connectivity index (χ0v) is 13.9. The molecule has 1 aromatic carbocycles. The van der Waals surface area contributed by atoms with Gasteiger partial charge in [-0.2, -0.15) is 0 Å². The molecule has 0 amide bonds. The first-order valence-corrected chi connectivity index (χ1v) is 8.04. The zero-order chi connectivity index (χ0) is 14.0. The largest absolute Gasteiger partial charge is 0.316 e. The highest BCUT2D eigenvalue weighted by Crippen LogP contribution is 2.58. The zero-order valence-electron chi connectivity index (χ0n) is 13.0. The van der Waals surface area contributed by atoms with E-state index in [0.29, 0.717) is 10.3 Å². The SMILES string of the molecule is CNCc1ccc(P(C(C)(C)C)C(C)(C)C)cc1. The minimum Gasteiger partial charge on any atom is -0.316 e. The first-order valence-electron chi connectivity index (χ1n) is 6.70. The van der Waals surface area contributed by atoms with Gasteiger partial charge in [-0.15, -0.1) is 0 Å². The maximum Gasteiger partial charge on any atom is 0.0202 e. The summed E-state index contributed by atoms with van der Waals surface area (Å²) in [7, 11) is 1.81. The van der Waals surface area contributed by atoms with Crippen LogP contribution in [0.2, 0.25) is 0 Å². The summed E-state index contributed by atoms with van der Waals surface area (Å²) in [5.74, 6) is 0.